The molecule has 0 radical (unpaired) electrons. The number of carbonyl (C=O) groups excluding carboxylic acids is 1. The number of ether oxygens (including phenoxy) is 5. The Morgan fingerprint density at radius 1 is 0.889 bits per heavy atom. The van der Waals surface area contributed by atoms with Crippen molar-refractivity contribution < 1.29 is 38.0 Å². The molecule has 0 aromatic heterocycles. The molecule has 2 aromatic carbocycles. The summed E-state index contributed by atoms with van der Waals surface area (Å²) in [6.45, 7) is 0.744. The van der Waals surface area contributed by atoms with Gasteiger partial charge >= 0.3 is 5.97 Å². The smallest absolute Gasteiger partial charge is 0.303 e. The highest BCUT2D eigenvalue weighted by Gasteiger charge is 2.53. The maximum absolute atomic E-state index is 16.5. The molecule has 238 valence electrons. The van der Waals surface area contributed by atoms with Crippen LogP contribution in [0.5, 0.6) is 0 Å². The fraction of sp³-hybridized carbons (Fsp3) is 0.536. The normalized spacial score (nSPS) is 31.0. The molecule has 0 bridgehead atoms. The quantitative estimate of drug-likeness (QED) is 0.139. The van der Waals surface area contributed by atoms with E-state index in [2.05, 4.69) is 30.1 Å². The number of aliphatic hydroxyl groups is 1. The zero-order valence-electron chi connectivity index (χ0n) is 24.2. The monoisotopic (exact) mass is 625 g/mol. The van der Waals surface area contributed by atoms with Crippen LogP contribution in [0.25, 0.3) is 31.3 Å². The van der Waals surface area contributed by atoms with E-state index in [1.54, 1.807) is 48.5 Å². The highest BCUT2D eigenvalue weighted by atomic mass is 19.1. The summed E-state index contributed by atoms with van der Waals surface area (Å²) >= 11 is 0. The van der Waals surface area contributed by atoms with E-state index in [0.29, 0.717) is 0 Å². The molecular weight excluding hydrogens is 593 g/mol. The lowest BCUT2D eigenvalue weighted by Gasteiger charge is -2.47. The van der Waals surface area contributed by atoms with Gasteiger partial charge in [0.2, 0.25) is 0 Å². The predicted molar refractivity (Wildman–Crippen MR) is 155 cm³/mol. The Balaban J connectivity index is 1.66. The van der Waals surface area contributed by atoms with Gasteiger partial charge in [-0.05, 0) is 34.1 Å². The van der Waals surface area contributed by atoms with E-state index in [1.807, 2.05) is 12.1 Å². The summed E-state index contributed by atoms with van der Waals surface area (Å²) in [6, 6.07) is 15.8. The van der Waals surface area contributed by atoms with Crippen LogP contribution >= 0.6 is 0 Å². The Morgan fingerprint density at radius 2 is 1.44 bits per heavy atom. The first-order chi connectivity index (χ1) is 21.9. The predicted octanol–water partition coefficient (Wildman–Crippen LogP) is 4.97. The molecular formula is C28H32FN9O7. The molecule has 0 spiro atoms. The number of rotatable bonds is 13. The molecule has 1 saturated carbocycles. The van der Waals surface area contributed by atoms with E-state index in [9.17, 15) is 15.4 Å². The minimum Gasteiger partial charge on any atom is -0.459 e. The third kappa shape index (κ3) is 8.82. The van der Waals surface area contributed by atoms with E-state index in [0.717, 1.165) is 18.1 Å². The first kappa shape index (κ1) is 33.5. The second kappa shape index (κ2) is 16.6. The van der Waals surface area contributed by atoms with Crippen LogP contribution in [0.1, 0.15) is 24.5 Å². The maximum Gasteiger partial charge on any atom is 0.303 e. The lowest BCUT2D eigenvalue weighted by molar-refractivity contribution is -0.324. The Bertz CT molecular complexity index is 1410. The molecule has 17 heteroatoms. The number of alkyl halides is 1. The van der Waals surface area contributed by atoms with Crippen LogP contribution in [0.4, 0.5) is 4.39 Å². The topological polar surface area (TPSA) is 230 Å². The molecule has 1 aliphatic carbocycles. The summed E-state index contributed by atoms with van der Waals surface area (Å²) in [6.07, 6.45) is -12.0. The highest BCUT2D eigenvalue weighted by Crippen LogP contribution is 2.36. The van der Waals surface area contributed by atoms with Crippen LogP contribution in [-0.4, -0.2) is 78.8 Å². The largest absolute Gasteiger partial charge is 0.459 e. The molecule has 16 nitrogen and oxygen atoms in total. The number of carbonyl (C=O) groups is 1. The molecule has 1 saturated heterocycles. The fourth-order valence-corrected chi connectivity index (χ4v) is 5.33. The number of halogens is 1. The summed E-state index contributed by atoms with van der Waals surface area (Å²) in [5.74, 6) is -0.771. The van der Waals surface area contributed by atoms with Gasteiger partial charge in [0.05, 0.1) is 44.1 Å². The third-order valence-corrected chi connectivity index (χ3v) is 7.37. The van der Waals surface area contributed by atoms with Crippen LogP contribution < -0.4 is 0 Å². The van der Waals surface area contributed by atoms with Crippen molar-refractivity contribution in [1.82, 2.24) is 0 Å². The van der Waals surface area contributed by atoms with Crippen molar-refractivity contribution in [3.8, 4) is 0 Å². The number of hydrogen-bond donors (Lipinski definition) is 1. The van der Waals surface area contributed by atoms with Crippen LogP contribution in [0.2, 0.25) is 0 Å². The van der Waals surface area contributed by atoms with Gasteiger partial charge in [-0.1, -0.05) is 76.0 Å². The number of hydrogen-bond acceptors (Lipinski definition) is 10. The average molecular weight is 626 g/mol. The van der Waals surface area contributed by atoms with E-state index >= 15 is 4.39 Å². The van der Waals surface area contributed by atoms with Crippen LogP contribution in [0.3, 0.4) is 0 Å². The summed E-state index contributed by atoms with van der Waals surface area (Å²) in [4.78, 5) is 20.2. The summed E-state index contributed by atoms with van der Waals surface area (Å²) in [7, 11) is 0. The van der Waals surface area contributed by atoms with Crippen LogP contribution in [0, 0.1) is 0 Å². The lowest BCUT2D eigenvalue weighted by atomic mass is 9.84. The van der Waals surface area contributed by atoms with Gasteiger partial charge in [-0.3, -0.25) is 4.79 Å². The third-order valence-electron chi connectivity index (χ3n) is 7.37. The van der Waals surface area contributed by atoms with Crippen LogP contribution in [-0.2, 0) is 41.7 Å². The minimum atomic E-state index is -1.89. The molecule has 0 amide bonds. The van der Waals surface area contributed by atoms with Crippen molar-refractivity contribution in [2.75, 3.05) is 6.54 Å². The van der Waals surface area contributed by atoms with E-state index in [1.165, 1.54) is 0 Å². The van der Waals surface area contributed by atoms with Gasteiger partial charge in [0.25, 0.3) is 0 Å². The highest BCUT2D eigenvalue weighted by molar-refractivity contribution is 5.66. The number of nitrogens with zero attached hydrogens (tertiary/aromatic N) is 9. The Hall–Kier alpha value is -4.43. The molecule has 10 atom stereocenters. The molecule has 4 rings (SSSR count). The molecule has 2 aromatic rings. The molecule has 0 unspecified atom stereocenters. The van der Waals surface area contributed by atoms with Crippen molar-refractivity contribution in [1.29, 1.82) is 0 Å². The van der Waals surface area contributed by atoms with Crippen molar-refractivity contribution in [2.24, 2.45) is 15.3 Å². The number of benzene rings is 2. The summed E-state index contributed by atoms with van der Waals surface area (Å²) < 4.78 is 46.0. The van der Waals surface area contributed by atoms with E-state index in [-0.39, 0.29) is 26.2 Å². The molecule has 2 fully saturated rings. The van der Waals surface area contributed by atoms with Gasteiger partial charge < -0.3 is 28.8 Å². The molecule has 45 heavy (non-hydrogen) atoms. The SMILES string of the molecule is CC(=O)O[C@@H]1[C@@H](O)[C@H](O[C@H]2O[C@H](CN=[N+]=[N-])[C@@H](OCc3ccccc3)[C@@H](F)[C@H]2OCc2ccccc2)[C@@H](N=[N+]=[N-])C[C@H]1N=[N+]=[N-]. The minimum absolute atomic E-state index is 0.0180. The molecule has 1 aliphatic heterocycles. The summed E-state index contributed by atoms with van der Waals surface area (Å²) in [5, 5.41) is 22.1. The zero-order chi connectivity index (χ0) is 32.2. The first-order valence-electron chi connectivity index (χ1n) is 14.1. The molecule has 1 N–H and O–H groups in total. The lowest BCUT2D eigenvalue weighted by Crippen LogP contribution is -2.63. The van der Waals surface area contributed by atoms with E-state index < -0.39 is 67.1 Å². The Morgan fingerprint density at radius 3 is 1.98 bits per heavy atom. The number of aliphatic hydroxyl groups excluding tert-OH is 1. The van der Waals surface area contributed by atoms with Gasteiger partial charge in [0.1, 0.15) is 24.4 Å². The van der Waals surface area contributed by atoms with Crippen molar-refractivity contribution >= 4 is 5.97 Å². The average Bonchev–Trinajstić information content (AvgIpc) is 3.04. The van der Waals surface area contributed by atoms with Crippen molar-refractivity contribution in [3.05, 3.63) is 103 Å². The second-order valence-corrected chi connectivity index (χ2v) is 10.4. The van der Waals surface area contributed by atoms with Gasteiger partial charge in [-0.2, -0.15) is 0 Å². The van der Waals surface area contributed by atoms with Gasteiger partial charge in [0.15, 0.2) is 12.5 Å². The standard InChI is InChI=1S/C28H32FN9O7/c1-16(39)43-24-19(34-37-31)12-20(35-38-32)25(23(24)40)45-28-27(42-15-18-10-6-3-7-11-18)22(29)26(21(44-28)13-33-36-30)41-14-17-8-4-2-5-9-17/h2-11,19-28,40H,12-15H2,1H3/t19-,20+,21-,22-,23-,24+,25-,26-,27-,28-/m1/s1. The Labute approximate surface area is 256 Å². The second-order valence-electron chi connectivity index (χ2n) is 10.4. The number of esters is 1. The maximum atomic E-state index is 16.5. The van der Waals surface area contributed by atoms with Gasteiger partial charge in [0, 0.05) is 21.7 Å². The van der Waals surface area contributed by atoms with Crippen LogP contribution in [0.15, 0.2) is 76.0 Å². The van der Waals surface area contributed by atoms with Crippen molar-refractivity contribution in [3.63, 3.8) is 0 Å². The van der Waals surface area contributed by atoms with E-state index in [4.69, 9.17) is 34.7 Å². The number of azide groups is 3. The first-order valence-corrected chi connectivity index (χ1v) is 14.1. The summed E-state index contributed by atoms with van der Waals surface area (Å²) in [5.41, 5.74) is 28.8. The fourth-order valence-electron chi connectivity index (χ4n) is 5.33. The van der Waals surface area contributed by atoms with Crippen molar-refractivity contribution in [2.45, 2.75) is 87.7 Å². The molecule has 1 heterocycles. The molecule has 2 aliphatic rings. The zero-order valence-corrected chi connectivity index (χ0v) is 24.2. The Kier molecular flexibility index (Phi) is 12.3. The van der Waals surface area contributed by atoms with Gasteiger partial charge in [-0.15, -0.1) is 0 Å². The van der Waals surface area contributed by atoms with Gasteiger partial charge in [-0.25, -0.2) is 4.39 Å².